The fraction of sp³-hybridized carbons (Fsp3) is 0.333. The number of piperidine rings is 1. The first-order chi connectivity index (χ1) is 23.0. The standard InChI is InChI=1S/C36H35FN6O4/c37-32-15-26(17-38)6-9-35(32)45-21-27-2-1-3-31(14-27)47-30-10-12-41(13-11-30)24-46-36(44)28-7-8-33-34(16-28)43(23-40-33)20-29-18-39-22-42(29)19-25-4-5-25/h1-3,6-9,14-16,18,22-23,25,30H,4-5,10-13,19-21,24H2. The van der Waals surface area contributed by atoms with Crippen molar-refractivity contribution >= 4 is 17.0 Å². The van der Waals surface area contributed by atoms with E-state index in [4.69, 9.17) is 19.5 Å². The highest BCUT2D eigenvalue weighted by molar-refractivity contribution is 5.93. The Kier molecular flexibility index (Phi) is 8.84. The minimum Gasteiger partial charge on any atom is -0.490 e. The molecule has 1 aliphatic heterocycles. The molecule has 2 fully saturated rings. The van der Waals surface area contributed by atoms with Gasteiger partial charge >= 0.3 is 5.97 Å². The predicted molar refractivity (Wildman–Crippen MR) is 171 cm³/mol. The summed E-state index contributed by atoms with van der Waals surface area (Å²) in [5.74, 6) is 0.636. The van der Waals surface area contributed by atoms with Gasteiger partial charge in [0.2, 0.25) is 0 Å². The molecule has 2 aromatic heterocycles. The van der Waals surface area contributed by atoms with Crippen LogP contribution in [0.25, 0.3) is 11.0 Å². The average Bonchev–Trinajstić information content (AvgIpc) is 3.67. The number of esters is 1. The Morgan fingerprint density at radius 1 is 1.00 bits per heavy atom. The number of fused-ring (bicyclic) bond motifs is 1. The van der Waals surface area contributed by atoms with Gasteiger partial charge in [-0.25, -0.2) is 19.2 Å². The summed E-state index contributed by atoms with van der Waals surface area (Å²) in [4.78, 5) is 24.0. The molecular weight excluding hydrogens is 599 g/mol. The van der Waals surface area contributed by atoms with Crippen molar-refractivity contribution in [2.24, 2.45) is 5.92 Å². The minimum atomic E-state index is -0.568. The molecular formula is C36H35FN6O4. The van der Waals surface area contributed by atoms with Crippen LogP contribution in [-0.2, 0) is 24.4 Å². The fourth-order valence-corrected chi connectivity index (χ4v) is 5.85. The number of ether oxygens (including phenoxy) is 3. The molecule has 0 radical (unpaired) electrons. The number of imidazole rings is 2. The lowest BCUT2D eigenvalue weighted by atomic mass is 10.1. The third kappa shape index (κ3) is 7.45. The van der Waals surface area contributed by atoms with Gasteiger partial charge in [0, 0.05) is 25.8 Å². The second-order valence-electron chi connectivity index (χ2n) is 12.2. The molecule has 0 atom stereocenters. The number of benzene rings is 3. The number of aromatic nitrogens is 4. The summed E-state index contributed by atoms with van der Waals surface area (Å²) < 4.78 is 36.0. The van der Waals surface area contributed by atoms with Crippen molar-refractivity contribution in [2.75, 3.05) is 19.8 Å². The van der Waals surface area contributed by atoms with E-state index in [0.29, 0.717) is 12.1 Å². The van der Waals surface area contributed by atoms with Crippen molar-refractivity contribution in [2.45, 2.75) is 51.5 Å². The van der Waals surface area contributed by atoms with Gasteiger partial charge in [0.05, 0.1) is 53.1 Å². The van der Waals surface area contributed by atoms with Crippen molar-refractivity contribution in [3.8, 4) is 17.6 Å². The maximum absolute atomic E-state index is 14.2. The van der Waals surface area contributed by atoms with E-state index in [9.17, 15) is 9.18 Å². The molecule has 0 bridgehead atoms. The number of nitrogens with zero attached hydrogens (tertiary/aromatic N) is 6. The number of likely N-dealkylation sites (tertiary alicyclic amines) is 1. The zero-order chi connectivity index (χ0) is 32.2. The Balaban J connectivity index is 0.882. The molecule has 7 rings (SSSR count). The lowest BCUT2D eigenvalue weighted by Crippen LogP contribution is -2.39. The molecule has 5 aromatic rings. The maximum atomic E-state index is 14.2. The van der Waals surface area contributed by atoms with Crippen LogP contribution in [0.5, 0.6) is 11.5 Å². The maximum Gasteiger partial charge on any atom is 0.339 e. The molecule has 1 saturated carbocycles. The average molecular weight is 635 g/mol. The van der Waals surface area contributed by atoms with Crippen LogP contribution in [0.3, 0.4) is 0 Å². The topological polar surface area (TPSA) is 107 Å². The van der Waals surface area contributed by atoms with Crippen LogP contribution >= 0.6 is 0 Å². The van der Waals surface area contributed by atoms with Crippen LogP contribution in [-0.4, -0.2) is 55.9 Å². The monoisotopic (exact) mass is 634 g/mol. The lowest BCUT2D eigenvalue weighted by Gasteiger charge is -2.31. The van der Waals surface area contributed by atoms with E-state index in [-0.39, 0.29) is 36.7 Å². The van der Waals surface area contributed by atoms with Gasteiger partial charge in [-0.1, -0.05) is 12.1 Å². The fourth-order valence-electron chi connectivity index (χ4n) is 5.85. The first-order valence-corrected chi connectivity index (χ1v) is 15.9. The second-order valence-corrected chi connectivity index (χ2v) is 12.2. The normalized spacial score (nSPS) is 15.4. The number of carbonyl (C=O) groups is 1. The number of nitriles is 1. The van der Waals surface area contributed by atoms with E-state index in [1.807, 2.05) is 61.3 Å². The Labute approximate surface area is 271 Å². The van der Waals surface area contributed by atoms with Crippen LogP contribution in [0.1, 0.15) is 52.9 Å². The summed E-state index contributed by atoms with van der Waals surface area (Å²) in [5.41, 5.74) is 4.42. The Hall–Kier alpha value is -5.21. The number of halogens is 1. The predicted octanol–water partition coefficient (Wildman–Crippen LogP) is 5.94. The first kappa shape index (κ1) is 30.4. The van der Waals surface area contributed by atoms with Gasteiger partial charge in [0.1, 0.15) is 25.2 Å². The molecule has 0 unspecified atom stereocenters. The molecule has 3 heterocycles. The second kappa shape index (κ2) is 13.6. The van der Waals surface area contributed by atoms with Crippen molar-refractivity contribution in [1.82, 2.24) is 24.0 Å². The van der Waals surface area contributed by atoms with Gasteiger partial charge in [0.15, 0.2) is 11.6 Å². The lowest BCUT2D eigenvalue weighted by molar-refractivity contribution is 0.00503. The van der Waals surface area contributed by atoms with E-state index in [2.05, 4.69) is 24.0 Å². The number of rotatable bonds is 12. The first-order valence-electron chi connectivity index (χ1n) is 15.9. The molecule has 3 aromatic carbocycles. The van der Waals surface area contributed by atoms with E-state index in [1.165, 1.54) is 25.0 Å². The summed E-state index contributed by atoms with van der Waals surface area (Å²) in [5, 5.41) is 8.92. The van der Waals surface area contributed by atoms with Crippen LogP contribution in [0.15, 0.2) is 79.5 Å². The molecule has 1 saturated heterocycles. The molecule has 47 heavy (non-hydrogen) atoms. The van der Waals surface area contributed by atoms with Gasteiger partial charge < -0.3 is 23.3 Å². The highest BCUT2D eigenvalue weighted by Gasteiger charge is 2.24. The molecule has 1 aliphatic carbocycles. The van der Waals surface area contributed by atoms with Crippen LogP contribution < -0.4 is 9.47 Å². The quantitative estimate of drug-likeness (QED) is 0.155. The summed E-state index contributed by atoms with van der Waals surface area (Å²) in [7, 11) is 0. The molecule has 10 nitrogen and oxygen atoms in total. The summed E-state index contributed by atoms with van der Waals surface area (Å²) in [6.45, 7) is 3.48. The molecule has 0 N–H and O–H groups in total. The Morgan fingerprint density at radius 2 is 1.87 bits per heavy atom. The highest BCUT2D eigenvalue weighted by atomic mass is 19.1. The molecule has 2 aliphatic rings. The van der Waals surface area contributed by atoms with Gasteiger partial charge in [-0.3, -0.25) is 4.90 Å². The third-order valence-corrected chi connectivity index (χ3v) is 8.71. The van der Waals surface area contributed by atoms with Gasteiger partial charge in [0.25, 0.3) is 0 Å². The smallest absolute Gasteiger partial charge is 0.339 e. The van der Waals surface area contributed by atoms with E-state index in [1.54, 1.807) is 6.07 Å². The Morgan fingerprint density at radius 3 is 2.68 bits per heavy atom. The van der Waals surface area contributed by atoms with E-state index < -0.39 is 5.82 Å². The molecule has 11 heteroatoms. The summed E-state index contributed by atoms with van der Waals surface area (Å²) >= 11 is 0. The number of carbonyl (C=O) groups excluding carboxylic acids is 1. The van der Waals surface area contributed by atoms with Crippen molar-refractivity contribution in [3.05, 3.63) is 108 Å². The van der Waals surface area contributed by atoms with E-state index >= 15 is 0 Å². The molecule has 240 valence electrons. The zero-order valence-corrected chi connectivity index (χ0v) is 25.9. The van der Waals surface area contributed by atoms with Crippen LogP contribution in [0, 0.1) is 23.1 Å². The number of hydrogen-bond acceptors (Lipinski definition) is 8. The van der Waals surface area contributed by atoms with Crippen molar-refractivity contribution in [1.29, 1.82) is 5.26 Å². The van der Waals surface area contributed by atoms with Crippen molar-refractivity contribution < 1.29 is 23.4 Å². The Bertz CT molecular complexity index is 1920. The van der Waals surface area contributed by atoms with E-state index in [0.717, 1.165) is 72.5 Å². The highest BCUT2D eigenvalue weighted by Crippen LogP contribution is 2.31. The molecule has 0 spiro atoms. The van der Waals surface area contributed by atoms with Crippen LogP contribution in [0.2, 0.25) is 0 Å². The zero-order valence-electron chi connectivity index (χ0n) is 25.9. The van der Waals surface area contributed by atoms with Gasteiger partial charge in [-0.2, -0.15) is 5.26 Å². The largest absolute Gasteiger partial charge is 0.490 e. The summed E-state index contributed by atoms with van der Waals surface area (Å²) in [6, 6.07) is 19.1. The van der Waals surface area contributed by atoms with Gasteiger partial charge in [-0.05, 0) is 85.7 Å². The number of hydrogen-bond donors (Lipinski definition) is 0. The van der Waals surface area contributed by atoms with Gasteiger partial charge in [-0.15, -0.1) is 0 Å². The molecule has 0 amide bonds. The van der Waals surface area contributed by atoms with Crippen molar-refractivity contribution in [3.63, 3.8) is 0 Å². The third-order valence-electron chi connectivity index (χ3n) is 8.71. The minimum absolute atomic E-state index is 0.0253. The van der Waals surface area contributed by atoms with Crippen LogP contribution in [0.4, 0.5) is 4.39 Å². The SMILES string of the molecule is N#Cc1ccc(OCc2cccc(OC3CCN(COC(=O)c4ccc5ncn(Cc6cncn6CC6CC6)c5c4)CC3)c2)c(F)c1. The summed E-state index contributed by atoms with van der Waals surface area (Å²) in [6.07, 6.45) is 9.76.